The number of amides is 1. The van der Waals surface area contributed by atoms with Crippen molar-refractivity contribution >= 4 is 11.9 Å². The zero-order valence-electron chi connectivity index (χ0n) is 15.6. The van der Waals surface area contributed by atoms with E-state index in [4.69, 9.17) is 5.73 Å². The molecule has 6 heteroatoms. The van der Waals surface area contributed by atoms with Crippen molar-refractivity contribution < 1.29 is 9.90 Å². The minimum atomic E-state index is -0.843. The van der Waals surface area contributed by atoms with Crippen LogP contribution in [0.15, 0.2) is 30.6 Å². The lowest BCUT2D eigenvalue weighted by atomic mass is 9.75. The van der Waals surface area contributed by atoms with Crippen LogP contribution >= 0.6 is 0 Å². The Bertz CT molecular complexity index is 796. The second kappa shape index (κ2) is 6.94. The fraction of sp³-hybridized carbons (Fsp3) is 0.450. The van der Waals surface area contributed by atoms with Crippen LogP contribution in [0.3, 0.4) is 0 Å². The Morgan fingerprint density at radius 3 is 2.69 bits per heavy atom. The Kier molecular flexibility index (Phi) is 4.85. The summed E-state index contributed by atoms with van der Waals surface area (Å²) >= 11 is 0. The Morgan fingerprint density at radius 1 is 1.31 bits per heavy atom. The maximum atomic E-state index is 11.6. The summed E-state index contributed by atoms with van der Waals surface area (Å²) in [6.45, 7) is 7.58. The highest BCUT2D eigenvalue weighted by molar-refractivity contribution is 5.65. The van der Waals surface area contributed by atoms with E-state index >= 15 is 0 Å². The molecule has 1 aromatic heterocycles. The highest BCUT2D eigenvalue weighted by Gasteiger charge is 2.33. The summed E-state index contributed by atoms with van der Waals surface area (Å²) < 4.78 is 0. The van der Waals surface area contributed by atoms with Gasteiger partial charge in [0.1, 0.15) is 5.82 Å². The molecule has 3 N–H and O–H groups in total. The van der Waals surface area contributed by atoms with Gasteiger partial charge in [-0.1, -0.05) is 39.0 Å². The van der Waals surface area contributed by atoms with Gasteiger partial charge >= 0.3 is 6.09 Å². The summed E-state index contributed by atoms with van der Waals surface area (Å²) in [5.74, 6) is 0.582. The summed E-state index contributed by atoms with van der Waals surface area (Å²) in [7, 11) is 0. The number of nitrogen functional groups attached to an aromatic ring is 1. The van der Waals surface area contributed by atoms with Crippen molar-refractivity contribution in [3.63, 3.8) is 0 Å². The molecule has 2 aromatic rings. The third-order valence-corrected chi connectivity index (χ3v) is 5.06. The minimum Gasteiger partial charge on any atom is -0.465 e. The number of rotatable bonds is 2. The molecule has 6 nitrogen and oxygen atoms in total. The summed E-state index contributed by atoms with van der Waals surface area (Å²) in [6.07, 6.45) is 3.84. The third-order valence-electron chi connectivity index (χ3n) is 5.06. The number of carboxylic acid groups (broad SMARTS) is 1. The largest absolute Gasteiger partial charge is 0.465 e. The van der Waals surface area contributed by atoms with Crippen LogP contribution in [0, 0.1) is 5.41 Å². The zero-order valence-corrected chi connectivity index (χ0v) is 15.6. The Morgan fingerprint density at radius 2 is 2.08 bits per heavy atom. The first-order valence-corrected chi connectivity index (χ1v) is 8.90. The van der Waals surface area contributed by atoms with Crippen LogP contribution < -0.4 is 5.73 Å². The molecule has 26 heavy (non-hydrogen) atoms. The second-order valence-corrected chi connectivity index (χ2v) is 8.04. The molecule has 0 spiro atoms. The monoisotopic (exact) mass is 354 g/mol. The van der Waals surface area contributed by atoms with Gasteiger partial charge in [0.15, 0.2) is 0 Å². The van der Waals surface area contributed by atoms with Gasteiger partial charge in [-0.05, 0) is 28.5 Å². The van der Waals surface area contributed by atoms with Crippen molar-refractivity contribution in [2.75, 3.05) is 18.8 Å². The summed E-state index contributed by atoms with van der Waals surface area (Å²) in [5, 5.41) is 9.50. The van der Waals surface area contributed by atoms with E-state index in [-0.39, 0.29) is 11.3 Å². The van der Waals surface area contributed by atoms with E-state index in [1.807, 2.05) is 0 Å². The molecule has 1 amide bonds. The second-order valence-electron chi connectivity index (χ2n) is 8.04. The van der Waals surface area contributed by atoms with Gasteiger partial charge in [-0.25, -0.2) is 9.78 Å². The summed E-state index contributed by atoms with van der Waals surface area (Å²) in [6, 6.07) is 6.47. The van der Waals surface area contributed by atoms with Crippen molar-refractivity contribution in [2.45, 2.75) is 39.5 Å². The van der Waals surface area contributed by atoms with Gasteiger partial charge in [-0.3, -0.25) is 4.98 Å². The van der Waals surface area contributed by atoms with Crippen molar-refractivity contribution in [1.29, 1.82) is 0 Å². The minimum absolute atomic E-state index is 0.0171. The Labute approximate surface area is 154 Å². The van der Waals surface area contributed by atoms with E-state index < -0.39 is 6.09 Å². The molecule has 0 bridgehead atoms. The number of nitrogens with two attached hydrogens (primary N) is 1. The number of anilines is 1. The quantitative estimate of drug-likeness (QED) is 0.863. The average Bonchev–Trinajstić information content (AvgIpc) is 2.76. The van der Waals surface area contributed by atoms with Crippen molar-refractivity contribution in [3.05, 3.63) is 53.0 Å². The molecule has 0 radical (unpaired) electrons. The number of fused-ring (bicyclic) bond motifs is 1. The normalized spacial score (nSPS) is 17.5. The highest BCUT2D eigenvalue weighted by Crippen LogP contribution is 2.39. The first kappa shape index (κ1) is 18.2. The van der Waals surface area contributed by atoms with E-state index in [2.05, 4.69) is 48.9 Å². The molecule has 1 aliphatic rings. The summed E-state index contributed by atoms with van der Waals surface area (Å²) in [5.41, 5.74) is 10.1. The average molecular weight is 354 g/mol. The molecule has 138 valence electrons. The molecule has 2 heterocycles. The summed E-state index contributed by atoms with van der Waals surface area (Å²) in [4.78, 5) is 21.5. The molecule has 0 saturated heterocycles. The molecule has 3 rings (SSSR count). The molecule has 1 aliphatic heterocycles. The molecular formula is C20H26N4O2. The standard InChI is InChI=1S/C20H26N4O2/c1-20(2,3)17-12-24(19(25)26)7-6-14-8-13(4-5-16(14)17)9-15-10-23-18(21)11-22-15/h4-5,8,10-11,17H,6-7,9,12H2,1-3H3,(H2,21,23)(H,25,26). The first-order chi connectivity index (χ1) is 12.2. The molecule has 0 aliphatic carbocycles. The van der Waals surface area contributed by atoms with E-state index in [1.165, 1.54) is 11.1 Å². The maximum Gasteiger partial charge on any atom is 0.407 e. The maximum absolute atomic E-state index is 11.6. The van der Waals surface area contributed by atoms with Crippen LogP contribution in [-0.2, 0) is 12.8 Å². The van der Waals surface area contributed by atoms with Gasteiger partial charge in [-0.2, -0.15) is 0 Å². The fourth-order valence-electron chi connectivity index (χ4n) is 3.57. The van der Waals surface area contributed by atoms with Crippen molar-refractivity contribution in [1.82, 2.24) is 14.9 Å². The van der Waals surface area contributed by atoms with E-state index in [0.717, 1.165) is 17.7 Å². The number of hydrogen-bond donors (Lipinski definition) is 2. The molecule has 1 atom stereocenters. The zero-order chi connectivity index (χ0) is 18.9. The van der Waals surface area contributed by atoms with Crippen molar-refractivity contribution in [2.24, 2.45) is 5.41 Å². The van der Waals surface area contributed by atoms with Gasteiger partial charge in [-0.15, -0.1) is 0 Å². The van der Waals surface area contributed by atoms with Crippen LogP contribution in [-0.4, -0.2) is 39.2 Å². The van der Waals surface area contributed by atoms with Gasteiger partial charge < -0.3 is 15.7 Å². The highest BCUT2D eigenvalue weighted by atomic mass is 16.4. The number of carbonyl (C=O) groups is 1. The van der Waals surface area contributed by atoms with Gasteiger partial charge in [0.25, 0.3) is 0 Å². The Hall–Kier alpha value is -2.63. The van der Waals surface area contributed by atoms with Crippen LogP contribution in [0.1, 0.15) is 49.1 Å². The number of hydrogen-bond acceptors (Lipinski definition) is 4. The molecular weight excluding hydrogens is 328 g/mol. The van der Waals surface area contributed by atoms with Crippen LogP contribution in [0.5, 0.6) is 0 Å². The molecule has 1 aromatic carbocycles. The predicted molar refractivity (Wildman–Crippen MR) is 101 cm³/mol. The molecule has 1 unspecified atom stereocenters. The van der Waals surface area contributed by atoms with Gasteiger partial charge in [0.05, 0.1) is 18.1 Å². The van der Waals surface area contributed by atoms with Gasteiger partial charge in [0, 0.05) is 25.4 Å². The lowest BCUT2D eigenvalue weighted by Crippen LogP contribution is -2.36. The van der Waals surface area contributed by atoms with Crippen LogP contribution in [0.25, 0.3) is 0 Å². The Balaban J connectivity index is 1.92. The van der Waals surface area contributed by atoms with Crippen molar-refractivity contribution in [3.8, 4) is 0 Å². The van der Waals surface area contributed by atoms with Gasteiger partial charge in [0.2, 0.25) is 0 Å². The van der Waals surface area contributed by atoms with Crippen LogP contribution in [0.4, 0.5) is 10.6 Å². The van der Waals surface area contributed by atoms with Crippen LogP contribution in [0.2, 0.25) is 0 Å². The third kappa shape index (κ3) is 3.95. The first-order valence-electron chi connectivity index (χ1n) is 8.90. The number of nitrogens with zero attached hydrogens (tertiary/aromatic N) is 3. The predicted octanol–water partition coefficient (Wildman–Crippen LogP) is 3.32. The lowest BCUT2D eigenvalue weighted by Gasteiger charge is -2.33. The number of aromatic nitrogens is 2. The number of benzene rings is 1. The molecule has 0 saturated carbocycles. The topological polar surface area (TPSA) is 92.3 Å². The smallest absolute Gasteiger partial charge is 0.407 e. The fourth-order valence-corrected chi connectivity index (χ4v) is 3.57. The SMILES string of the molecule is CC(C)(C)C1CN(C(=O)O)CCc2cc(Cc3cnc(N)cn3)ccc21. The van der Waals surface area contributed by atoms with E-state index in [0.29, 0.717) is 25.3 Å². The lowest BCUT2D eigenvalue weighted by molar-refractivity contribution is 0.135. The van der Waals surface area contributed by atoms with E-state index in [1.54, 1.807) is 17.3 Å². The molecule has 0 fully saturated rings. The van der Waals surface area contributed by atoms with E-state index in [9.17, 15) is 9.90 Å².